The number of hydrogen-bond acceptors (Lipinski definition) is 3. The van der Waals surface area contributed by atoms with Gasteiger partial charge in [0.2, 0.25) is 0 Å². The number of aliphatic hydroxyl groups is 1. The largest absolute Gasteiger partial charge is 0.460 e. The first-order chi connectivity index (χ1) is 5.72. The van der Waals surface area contributed by atoms with Gasteiger partial charge >= 0.3 is 5.97 Å². The van der Waals surface area contributed by atoms with Gasteiger partial charge in [0.05, 0.1) is 12.5 Å². The smallest absolute Gasteiger partial charge is 0.308 e. The molecule has 0 spiro atoms. The van der Waals surface area contributed by atoms with Crippen LogP contribution in [0.3, 0.4) is 0 Å². The zero-order valence-corrected chi connectivity index (χ0v) is 9.13. The summed E-state index contributed by atoms with van der Waals surface area (Å²) in [5, 5.41) is 9.39. The Bertz CT molecular complexity index is 167. The minimum atomic E-state index is -0.602. The molecule has 0 aliphatic rings. The van der Waals surface area contributed by atoms with Crippen LogP contribution in [0.25, 0.3) is 0 Å². The van der Waals surface area contributed by atoms with Crippen LogP contribution in [0, 0.1) is 5.92 Å². The fraction of sp³-hybridized carbons (Fsp3) is 0.900. The molecule has 1 atom stereocenters. The molecule has 0 saturated heterocycles. The van der Waals surface area contributed by atoms with Crippen molar-refractivity contribution in [2.75, 3.05) is 0 Å². The zero-order valence-electron chi connectivity index (χ0n) is 9.13. The van der Waals surface area contributed by atoms with Gasteiger partial charge in [-0.15, -0.1) is 0 Å². The molecular formula is C10H20O3. The third-order valence-corrected chi connectivity index (χ3v) is 1.57. The summed E-state index contributed by atoms with van der Waals surface area (Å²) in [4.78, 5) is 11.2. The van der Waals surface area contributed by atoms with E-state index in [-0.39, 0.29) is 18.3 Å². The normalized spacial score (nSPS) is 14.4. The van der Waals surface area contributed by atoms with E-state index in [1.807, 2.05) is 34.6 Å². The average molecular weight is 188 g/mol. The second-order valence-electron chi connectivity index (χ2n) is 4.60. The second kappa shape index (κ2) is 4.61. The Labute approximate surface area is 80.1 Å². The topological polar surface area (TPSA) is 46.5 Å². The Hall–Kier alpha value is -0.570. The number of ether oxygens (including phenoxy) is 1. The lowest BCUT2D eigenvalue weighted by molar-refractivity contribution is -0.157. The molecule has 13 heavy (non-hydrogen) atoms. The molecule has 0 radical (unpaired) electrons. The van der Waals surface area contributed by atoms with Crippen LogP contribution >= 0.6 is 0 Å². The monoisotopic (exact) mass is 188 g/mol. The van der Waals surface area contributed by atoms with Gasteiger partial charge in [-0.3, -0.25) is 4.79 Å². The maximum atomic E-state index is 11.2. The van der Waals surface area contributed by atoms with E-state index in [0.29, 0.717) is 0 Å². The first kappa shape index (κ1) is 12.4. The van der Waals surface area contributed by atoms with Gasteiger partial charge in [0.1, 0.15) is 5.60 Å². The van der Waals surface area contributed by atoms with Crippen molar-refractivity contribution < 1.29 is 14.6 Å². The molecule has 0 bridgehead atoms. The fourth-order valence-electron chi connectivity index (χ4n) is 0.790. The van der Waals surface area contributed by atoms with Crippen LogP contribution in [0.4, 0.5) is 0 Å². The number of aliphatic hydroxyl groups excluding tert-OH is 1. The zero-order chi connectivity index (χ0) is 10.6. The number of rotatable bonds is 3. The highest BCUT2D eigenvalue weighted by Crippen LogP contribution is 2.12. The quantitative estimate of drug-likeness (QED) is 0.686. The van der Waals surface area contributed by atoms with Crippen molar-refractivity contribution in [2.24, 2.45) is 5.92 Å². The summed E-state index contributed by atoms with van der Waals surface area (Å²) >= 11 is 0. The molecule has 0 fully saturated rings. The highest BCUT2D eigenvalue weighted by Gasteiger charge is 2.20. The summed E-state index contributed by atoms with van der Waals surface area (Å²) in [5.74, 6) is -0.249. The number of hydrogen-bond donors (Lipinski definition) is 1. The molecule has 0 aliphatic heterocycles. The summed E-state index contributed by atoms with van der Waals surface area (Å²) in [6, 6.07) is 0. The molecule has 3 heteroatoms. The van der Waals surface area contributed by atoms with Crippen molar-refractivity contribution in [3.8, 4) is 0 Å². The van der Waals surface area contributed by atoms with Gasteiger partial charge in [-0.05, 0) is 26.7 Å². The minimum absolute atomic E-state index is 0.0783. The van der Waals surface area contributed by atoms with E-state index < -0.39 is 11.7 Å². The molecule has 3 nitrogen and oxygen atoms in total. The molecule has 1 N–H and O–H groups in total. The number of carbonyl (C=O) groups is 1. The first-order valence-electron chi connectivity index (χ1n) is 4.62. The highest BCUT2D eigenvalue weighted by molar-refractivity contribution is 5.70. The molecule has 78 valence electrons. The van der Waals surface area contributed by atoms with E-state index in [1.54, 1.807) is 0 Å². The molecule has 0 rings (SSSR count). The van der Waals surface area contributed by atoms with Crippen LogP contribution in [0.2, 0.25) is 0 Å². The van der Waals surface area contributed by atoms with Gasteiger partial charge in [-0.1, -0.05) is 13.8 Å². The Morgan fingerprint density at radius 2 is 1.85 bits per heavy atom. The Morgan fingerprint density at radius 1 is 1.38 bits per heavy atom. The molecular weight excluding hydrogens is 168 g/mol. The van der Waals surface area contributed by atoms with Gasteiger partial charge in [0.15, 0.2) is 0 Å². The van der Waals surface area contributed by atoms with Gasteiger partial charge in [-0.25, -0.2) is 0 Å². The second-order valence-corrected chi connectivity index (χ2v) is 4.60. The number of carbonyl (C=O) groups excluding carboxylic acids is 1. The van der Waals surface area contributed by atoms with Gasteiger partial charge in [0.25, 0.3) is 0 Å². The Balaban J connectivity index is 3.89. The molecule has 0 aliphatic carbocycles. The summed E-state index contributed by atoms with van der Waals surface area (Å²) in [7, 11) is 0. The summed E-state index contributed by atoms with van der Waals surface area (Å²) in [5.41, 5.74) is -0.465. The van der Waals surface area contributed by atoms with E-state index in [1.165, 1.54) is 0 Å². The van der Waals surface area contributed by atoms with Gasteiger partial charge in [0, 0.05) is 0 Å². The average Bonchev–Trinajstić information content (AvgIpc) is 1.81. The first-order valence-corrected chi connectivity index (χ1v) is 4.62. The minimum Gasteiger partial charge on any atom is -0.460 e. The SMILES string of the molecule is CC(C)[C@H](O)CC(=O)OC(C)(C)C. The predicted octanol–water partition coefficient (Wildman–Crippen LogP) is 1.74. The lowest BCUT2D eigenvalue weighted by Gasteiger charge is -2.21. The summed E-state index contributed by atoms with van der Waals surface area (Å²) < 4.78 is 5.06. The highest BCUT2D eigenvalue weighted by atomic mass is 16.6. The Kier molecular flexibility index (Phi) is 4.40. The van der Waals surface area contributed by atoms with E-state index in [9.17, 15) is 9.90 Å². The van der Waals surface area contributed by atoms with E-state index >= 15 is 0 Å². The van der Waals surface area contributed by atoms with Crippen LogP contribution in [-0.4, -0.2) is 22.8 Å². The molecule has 0 amide bonds. The number of esters is 1. The van der Waals surface area contributed by atoms with Crippen LogP contribution in [0.1, 0.15) is 41.0 Å². The van der Waals surface area contributed by atoms with Crippen molar-refractivity contribution in [1.29, 1.82) is 0 Å². The van der Waals surface area contributed by atoms with Gasteiger partial charge in [-0.2, -0.15) is 0 Å². The van der Waals surface area contributed by atoms with Crippen LogP contribution in [0.5, 0.6) is 0 Å². The lowest BCUT2D eigenvalue weighted by atomic mass is 10.0. The van der Waals surface area contributed by atoms with Crippen molar-refractivity contribution in [2.45, 2.75) is 52.7 Å². The Morgan fingerprint density at radius 3 is 2.15 bits per heavy atom. The lowest BCUT2D eigenvalue weighted by Crippen LogP contribution is -2.28. The molecule has 0 saturated carbocycles. The van der Waals surface area contributed by atoms with Crippen LogP contribution in [-0.2, 0) is 9.53 Å². The molecule has 0 heterocycles. The standard InChI is InChI=1S/C10H20O3/c1-7(2)8(11)6-9(12)13-10(3,4)5/h7-8,11H,6H2,1-5H3/t8-/m1/s1. The molecule has 0 aromatic rings. The third-order valence-electron chi connectivity index (χ3n) is 1.57. The summed E-state index contributed by atoms with van der Waals surface area (Å²) in [6.45, 7) is 9.18. The van der Waals surface area contributed by atoms with Crippen molar-refractivity contribution >= 4 is 5.97 Å². The van der Waals surface area contributed by atoms with Crippen molar-refractivity contribution in [1.82, 2.24) is 0 Å². The molecule has 0 aromatic heterocycles. The van der Waals surface area contributed by atoms with Crippen LogP contribution < -0.4 is 0 Å². The van der Waals surface area contributed by atoms with E-state index in [0.717, 1.165) is 0 Å². The maximum absolute atomic E-state index is 11.2. The van der Waals surface area contributed by atoms with E-state index in [4.69, 9.17) is 4.74 Å². The van der Waals surface area contributed by atoms with Gasteiger partial charge < -0.3 is 9.84 Å². The van der Waals surface area contributed by atoms with Crippen molar-refractivity contribution in [3.63, 3.8) is 0 Å². The van der Waals surface area contributed by atoms with Crippen molar-refractivity contribution in [3.05, 3.63) is 0 Å². The summed E-state index contributed by atoms with van der Waals surface area (Å²) in [6.07, 6.45) is -0.524. The van der Waals surface area contributed by atoms with E-state index in [2.05, 4.69) is 0 Å². The fourth-order valence-corrected chi connectivity index (χ4v) is 0.790. The third kappa shape index (κ3) is 6.58. The van der Waals surface area contributed by atoms with Crippen LogP contribution in [0.15, 0.2) is 0 Å². The molecule has 0 aromatic carbocycles. The maximum Gasteiger partial charge on any atom is 0.308 e. The predicted molar refractivity (Wildman–Crippen MR) is 51.3 cm³/mol. The molecule has 0 unspecified atom stereocenters.